The van der Waals surface area contributed by atoms with Gasteiger partial charge in [-0.2, -0.15) is 0 Å². The van der Waals surface area contributed by atoms with Crippen LogP contribution in [0.3, 0.4) is 0 Å². The lowest BCUT2D eigenvalue weighted by Crippen LogP contribution is -2.43. The summed E-state index contributed by atoms with van der Waals surface area (Å²) in [6, 6.07) is 52.3. The first-order valence-corrected chi connectivity index (χ1v) is 17.3. The Kier molecular flexibility index (Phi) is 6.01. The van der Waals surface area contributed by atoms with Crippen LogP contribution in [0.1, 0.15) is 63.8 Å². The predicted molar refractivity (Wildman–Crippen MR) is 205 cm³/mol. The van der Waals surface area contributed by atoms with Crippen molar-refractivity contribution < 1.29 is 0 Å². The molecule has 48 heavy (non-hydrogen) atoms. The summed E-state index contributed by atoms with van der Waals surface area (Å²) in [5, 5.41) is 5.26. The van der Waals surface area contributed by atoms with Crippen molar-refractivity contribution in [3.8, 4) is 22.3 Å². The molecule has 0 spiro atoms. The molecule has 0 atom stereocenters. The average molecular weight is 620 g/mol. The first kappa shape index (κ1) is 29.0. The van der Waals surface area contributed by atoms with E-state index in [-0.39, 0.29) is 16.2 Å². The number of hydrogen-bond acceptors (Lipinski definition) is 1. The van der Waals surface area contributed by atoms with Crippen LogP contribution in [0.2, 0.25) is 0 Å². The fourth-order valence-corrected chi connectivity index (χ4v) is 8.83. The van der Waals surface area contributed by atoms with Gasteiger partial charge in [-0.05, 0) is 113 Å². The second-order valence-electron chi connectivity index (χ2n) is 15.4. The Balaban J connectivity index is 1.27. The zero-order valence-corrected chi connectivity index (χ0v) is 28.7. The smallest absolute Gasteiger partial charge is 0.0465 e. The third-order valence-electron chi connectivity index (χ3n) is 12.2. The number of para-hydroxylation sites is 1. The maximum absolute atomic E-state index is 2.49. The summed E-state index contributed by atoms with van der Waals surface area (Å²) in [6.07, 6.45) is 0. The monoisotopic (exact) mass is 619 g/mol. The first-order valence-electron chi connectivity index (χ1n) is 17.3. The third kappa shape index (κ3) is 3.85. The molecule has 7 aromatic rings. The van der Waals surface area contributed by atoms with Gasteiger partial charge in [-0.25, -0.2) is 0 Å². The number of hydrogen-bond donors (Lipinski definition) is 0. The SMILES string of the molecule is CC1(C)c2ccccc2-c2ccc(N(c3ccccc3)c3ccc4c(c3)C(C)(C)C(C)(C)c3ccc5c(ccc6ccccc65)c3-4)cc21. The van der Waals surface area contributed by atoms with Crippen LogP contribution in [0.15, 0.2) is 140 Å². The molecule has 0 fully saturated rings. The van der Waals surface area contributed by atoms with Crippen molar-refractivity contribution in [2.75, 3.05) is 4.90 Å². The topological polar surface area (TPSA) is 3.24 Å². The molecular weight excluding hydrogens is 579 g/mol. The molecule has 0 aromatic heterocycles. The Labute approximate surface area is 284 Å². The highest BCUT2D eigenvalue weighted by Crippen LogP contribution is 2.57. The highest BCUT2D eigenvalue weighted by molar-refractivity contribution is 6.13. The molecule has 0 saturated carbocycles. The van der Waals surface area contributed by atoms with Crippen molar-refractivity contribution in [1.29, 1.82) is 0 Å². The molecule has 0 amide bonds. The Morgan fingerprint density at radius 3 is 1.77 bits per heavy atom. The lowest BCUT2D eigenvalue weighted by Gasteiger charge is -2.49. The highest BCUT2D eigenvalue weighted by atomic mass is 15.1. The fraction of sp³-hybridized carbons (Fsp3) is 0.191. The Bertz CT molecular complexity index is 2430. The van der Waals surface area contributed by atoms with E-state index in [1.165, 1.54) is 77.4 Å². The standard InChI is InChI=1S/C47H41N/c1-45(2)40-19-13-12-18-36(40)37-24-21-32(28-42(37)45)48(31-15-8-7-9-16-31)33-22-25-39-43(29-33)47(5,6)46(3,4)41-27-26-35-34-17-11-10-14-30(34)20-23-38(35)44(39)41/h7-29H,1-6H3. The molecule has 7 aromatic carbocycles. The van der Waals surface area contributed by atoms with Crippen LogP contribution in [0, 0.1) is 0 Å². The second-order valence-corrected chi connectivity index (χ2v) is 15.4. The van der Waals surface area contributed by atoms with Crippen molar-refractivity contribution in [1.82, 2.24) is 0 Å². The predicted octanol–water partition coefficient (Wildman–Crippen LogP) is 13.0. The van der Waals surface area contributed by atoms with Gasteiger partial charge in [0.05, 0.1) is 0 Å². The maximum Gasteiger partial charge on any atom is 0.0465 e. The van der Waals surface area contributed by atoms with Crippen molar-refractivity contribution in [2.45, 2.75) is 57.8 Å². The lowest BCUT2D eigenvalue weighted by molar-refractivity contribution is 0.299. The summed E-state index contributed by atoms with van der Waals surface area (Å²) in [5.41, 5.74) is 14.3. The molecule has 9 rings (SSSR count). The molecular formula is C47H41N. The van der Waals surface area contributed by atoms with E-state index in [2.05, 4.69) is 186 Å². The molecule has 0 saturated heterocycles. The Hall–Kier alpha value is -5.14. The van der Waals surface area contributed by atoms with E-state index >= 15 is 0 Å². The van der Waals surface area contributed by atoms with Crippen LogP contribution in [0.5, 0.6) is 0 Å². The van der Waals surface area contributed by atoms with Crippen LogP contribution in [-0.2, 0) is 16.2 Å². The van der Waals surface area contributed by atoms with E-state index in [0.29, 0.717) is 0 Å². The second kappa shape index (κ2) is 9.94. The summed E-state index contributed by atoms with van der Waals surface area (Å²) >= 11 is 0. The van der Waals surface area contributed by atoms with Crippen molar-refractivity contribution >= 4 is 38.6 Å². The average Bonchev–Trinajstić information content (AvgIpc) is 3.33. The van der Waals surface area contributed by atoms with E-state index in [4.69, 9.17) is 0 Å². The van der Waals surface area contributed by atoms with Gasteiger partial charge in [-0.1, -0.05) is 145 Å². The van der Waals surface area contributed by atoms with E-state index in [0.717, 1.165) is 5.69 Å². The molecule has 0 aliphatic heterocycles. The molecule has 234 valence electrons. The minimum Gasteiger partial charge on any atom is -0.310 e. The number of benzene rings is 7. The zero-order valence-electron chi connectivity index (χ0n) is 28.7. The van der Waals surface area contributed by atoms with Crippen LogP contribution < -0.4 is 4.90 Å². The molecule has 0 radical (unpaired) electrons. The van der Waals surface area contributed by atoms with Gasteiger partial charge in [0, 0.05) is 22.5 Å². The van der Waals surface area contributed by atoms with Gasteiger partial charge in [0.25, 0.3) is 0 Å². The number of rotatable bonds is 3. The minimum absolute atomic E-state index is 0.0684. The molecule has 0 bridgehead atoms. The largest absolute Gasteiger partial charge is 0.310 e. The van der Waals surface area contributed by atoms with Gasteiger partial charge in [0.2, 0.25) is 0 Å². The molecule has 1 heteroatoms. The molecule has 0 N–H and O–H groups in total. The summed E-state index contributed by atoms with van der Waals surface area (Å²) in [7, 11) is 0. The lowest BCUT2D eigenvalue weighted by atomic mass is 9.55. The molecule has 0 unspecified atom stereocenters. The van der Waals surface area contributed by atoms with Crippen molar-refractivity contribution in [3.05, 3.63) is 162 Å². The van der Waals surface area contributed by atoms with Gasteiger partial charge >= 0.3 is 0 Å². The normalized spacial score (nSPS) is 16.2. The van der Waals surface area contributed by atoms with Gasteiger partial charge < -0.3 is 4.90 Å². The Morgan fingerprint density at radius 2 is 0.979 bits per heavy atom. The quantitative estimate of drug-likeness (QED) is 0.178. The Morgan fingerprint density at radius 1 is 0.375 bits per heavy atom. The number of fused-ring (bicyclic) bond motifs is 10. The van der Waals surface area contributed by atoms with E-state index in [9.17, 15) is 0 Å². The molecule has 0 heterocycles. The van der Waals surface area contributed by atoms with E-state index in [1.807, 2.05) is 0 Å². The van der Waals surface area contributed by atoms with Crippen LogP contribution >= 0.6 is 0 Å². The molecule has 2 aliphatic carbocycles. The van der Waals surface area contributed by atoms with Crippen molar-refractivity contribution in [3.63, 3.8) is 0 Å². The third-order valence-corrected chi connectivity index (χ3v) is 12.2. The van der Waals surface area contributed by atoms with E-state index < -0.39 is 0 Å². The van der Waals surface area contributed by atoms with Crippen LogP contribution in [-0.4, -0.2) is 0 Å². The molecule has 2 aliphatic rings. The zero-order chi connectivity index (χ0) is 33.0. The van der Waals surface area contributed by atoms with Gasteiger partial charge in [0.15, 0.2) is 0 Å². The van der Waals surface area contributed by atoms with Gasteiger partial charge in [-0.3, -0.25) is 0 Å². The molecule has 1 nitrogen and oxygen atoms in total. The fourth-order valence-electron chi connectivity index (χ4n) is 8.83. The summed E-state index contributed by atoms with van der Waals surface area (Å²) in [4.78, 5) is 2.45. The summed E-state index contributed by atoms with van der Waals surface area (Å²) in [6.45, 7) is 14.5. The first-order chi connectivity index (χ1) is 23.1. The van der Waals surface area contributed by atoms with Crippen molar-refractivity contribution in [2.24, 2.45) is 0 Å². The van der Waals surface area contributed by atoms with Crippen LogP contribution in [0.4, 0.5) is 17.1 Å². The number of nitrogens with zero attached hydrogens (tertiary/aromatic N) is 1. The summed E-state index contributed by atoms with van der Waals surface area (Å²) in [5.74, 6) is 0. The number of anilines is 3. The van der Waals surface area contributed by atoms with Gasteiger partial charge in [0.1, 0.15) is 0 Å². The minimum atomic E-state index is -0.111. The van der Waals surface area contributed by atoms with Crippen LogP contribution in [0.25, 0.3) is 43.8 Å². The summed E-state index contributed by atoms with van der Waals surface area (Å²) < 4.78 is 0. The van der Waals surface area contributed by atoms with E-state index in [1.54, 1.807) is 0 Å². The van der Waals surface area contributed by atoms with Gasteiger partial charge in [-0.15, -0.1) is 0 Å². The maximum atomic E-state index is 2.49. The highest BCUT2D eigenvalue weighted by Gasteiger charge is 2.46.